The van der Waals surface area contributed by atoms with Crippen molar-refractivity contribution < 1.29 is 9.32 Å². The van der Waals surface area contributed by atoms with Gasteiger partial charge in [-0.15, -0.1) is 0 Å². The lowest BCUT2D eigenvalue weighted by Gasteiger charge is -2.33. The van der Waals surface area contributed by atoms with Gasteiger partial charge in [0.05, 0.1) is 11.7 Å². The van der Waals surface area contributed by atoms with Crippen molar-refractivity contribution in [1.82, 2.24) is 15.4 Å². The highest BCUT2D eigenvalue weighted by Crippen LogP contribution is 2.40. The first-order valence-electron chi connectivity index (χ1n) is 7.19. The van der Waals surface area contributed by atoms with Crippen LogP contribution in [0.3, 0.4) is 0 Å². The van der Waals surface area contributed by atoms with Gasteiger partial charge in [-0.05, 0) is 32.2 Å². The van der Waals surface area contributed by atoms with Crippen molar-refractivity contribution in [2.75, 3.05) is 13.6 Å². The zero-order valence-electron chi connectivity index (χ0n) is 11.4. The summed E-state index contributed by atoms with van der Waals surface area (Å²) < 4.78 is 5.37. The molecule has 0 bridgehead atoms. The predicted molar refractivity (Wildman–Crippen MR) is 70.6 cm³/mol. The summed E-state index contributed by atoms with van der Waals surface area (Å²) in [6, 6.07) is 2.05. The fourth-order valence-corrected chi connectivity index (χ4v) is 2.81. The number of nitrogens with zero attached hydrogens (tertiary/aromatic N) is 2. The average molecular weight is 263 g/mol. The van der Waals surface area contributed by atoms with Gasteiger partial charge < -0.3 is 9.84 Å². The second-order valence-corrected chi connectivity index (χ2v) is 5.59. The van der Waals surface area contributed by atoms with E-state index in [0.717, 1.165) is 37.3 Å². The summed E-state index contributed by atoms with van der Waals surface area (Å²) in [6.07, 6.45) is 5.66. The molecule has 5 heteroatoms. The summed E-state index contributed by atoms with van der Waals surface area (Å²) >= 11 is 0. The van der Waals surface area contributed by atoms with Crippen molar-refractivity contribution >= 4 is 5.91 Å². The molecular formula is C14H21N3O2. The molecule has 1 saturated carbocycles. The predicted octanol–water partition coefficient (Wildman–Crippen LogP) is 1.65. The topological polar surface area (TPSA) is 58.4 Å². The highest BCUT2D eigenvalue weighted by atomic mass is 16.5. The summed E-state index contributed by atoms with van der Waals surface area (Å²) in [5, 5.41) is 6.90. The Morgan fingerprint density at radius 1 is 1.47 bits per heavy atom. The first-order valence-corrected chi connectivity index (χ1v) is 7.19. The minimum absolute atomic E-state index is 0.0141. The Morgan fingerprint density at radius 2 is 2.32 bits per heavy atom. The fraction of sp³-hybridized carbons (Fsp3) is 0.714. The molecule has 1 N–H and O–H groups in total. The van der Waals surface area contributed by atoms with Gasteiger partial charge in [0, 0.05) is 25.6 Å². The minimum atomic E-state index is -0.0141. The maximum Gasteiger partial charge on any atom is 0.237 e. The number of likely N-dealkylation sites (N-methyl/N-ethyl adjacent to an activating group) is 1. The molecule has 0 radical (unpaired) electrons. The molecular weight excluding hydrogens is 242 g/mol. The van der Waals surface area contributed by atoms with Crippen LogP contribution in [0.1, 0.15) is 49.5 Å². The summed E-state index contributed by atoms with van der Waals surface area (Å²) in [5.41, 5.74) is 0.956. The Kier molecular flexibility index (Phi) is 3.55. The molecule has 1 aromatic rings. The number of carbonyl (C=O) groups is 1. The molecule has 0 aromatic carbocycles. The molecule has 2 aliphatic rings. The molecule has 1 aliphatic heterocycles. The van der Waals surface area contributed by atoms with Crippen LogP contribution in [-0.2, 0) is 11.3 Å². The number of nitrogens with one attached hydrogen (secondary N) is 1. The maximum atomic E-state index is 11.9. The Hall–Kier alpha value is -1.36. The summed E-state index contributed by atoms with van der Waals surface area (Å²) in [5.74, 6) is 1.73. The number of piperidine rings is 1. The van der Waals surface area contributed by atoms with Crippen LogP contribution < -0.4 is 5.32 Å². The number of likely N-dealkylation sites (tertiary alicyclic amines) is 1. The van der Waals surface area contributed by atoms with Gasteiger partial charge in [-0.3, -0.25) is 9.69 Å². The number of carbonyl (C=O) groups excluding carboxylic acids is 1. The van der Waals surface area contributed by atoms with E-state index < -0.39 is 0 Å². The van der Waals surface area contributed by atoms with Crippen LogP contribution in [0.15, 0.2) is 10.6 Å². The molecule has 2 fully saturated rings. The third-order valence-corrected chi connectivity index (χ3v) is 4.08. The van der Waals surface area contributed by atoms with E-state index in [4.69, 9.17) is 4.52 Å². The summed E-state index contributed by atoms with van der Waals surface area (Å²) in [6.45, 7) is 1.68. The van der Waals surface area contributed by atoms with Gasteiger partial charge in [-0.2, -0.15) is 0 Å². The van der Waals surface area contributed by atoms with Gasteiger partial charge in [0.1, 0.15) is 5.76 Å². The molecule has 1 aliphatic carbocycles. The van der Waals surface area contributed by atoms with E-state index in [9.17, 15) is 4.79 Å². The van der Waals surface area contributed by atoms with Crippen LogP contribution in [0.4, 0.5) is 0 Å². The highest BCUT2D eigenvalue weighted by molar-refractivity contribution is 5.81. The van der Waals surface area contributed by atoms with Gasteiger partial charge in [-0.25, -0.2) is 0 Å². The van der Waals surface area contributed by atoms with Crippen molar-refractivity contribution in [2.24, 2.45) is 0 Å². The monoisotopic (exact) mass is 263 g/mol. The molecule has 0 unspecified atom stereocenters. The number of rotatable bonds is 4. The SMILES string of the molecule is CNC(=O)[C@H]1CCCCN1Cc1cc(C2CC2)on1. The lowest BCUT2D eigenvalue weighted by molar-refractivity contribution is -0.127. The molecule has 1 saturated heterocycles. The smallest absolute Gasteiger partial charge is 0.237 e. The Morgan fingerprint density at radius 3 is 3.05 bits per heavy atom. The third kappa shape index (κ3) is 2.81. The van der Waals surface area contributed by atoms with E-state index in [-0.39, 0.29) is 11.9 Å². The van der Waals surface area contributed by atoms with Crippen molar-refractivity contribution in [2.45, 2.75) is 50.6 Å². The lowest BCUT2D eigenvalue weighted by atomic mass is 10.0. The Bertz CT molecular complexity index is 453. The van der Waals surface area contributed by atoms with Gasteiger partial charge in [0.15, 0.2) is 0 Å². The molecule has 1 aromatic heterocycles. The fourth-order valence-electron chi connectivity index (χ4n) is 2.81. The summed E-state index contributed by atoms with van der Waals surface area (Å²) in [4.78, 5) is 14.1. The molecule has 1 atom stereocenters. The van der Waals surface area contributed by atoms with Crippen LogP contribution >= 0.6 is 0 Å². The summed E-state index contributed by atoms with van der Waals surface area (Å²) in [7, 11) is 1.70. The van der Waals surface area contributed by atoms with Gasteiger partial charge >= 0.3 is 0 Å². The van der Waals surface area contributed by atoms with E-state index in [1.807, 2.05) is 0 Å². The minimum Gasteiger partial charge on any atom is -0.361 e. The van der Waals surface area contributed by atoms with Crippen molar-refractivity contribution in [3.05, 3.63) is 17.5 Å². The van der Waals surface area contributed by atoms with E-state index in [2.05, 4.69) is 21.4 Å². The van der Waals surface area contributed by atoms with Crippen LogP contribution in [0, 0.1) is 0 Å². The van der Waals surface area contributed by atoms with Crippen LogP contribution in [0.25, 0.3) is 0 Å². The second-order valence-electron chi connectivity index (χ2n) is 5.59. The number of aromatic nitrogens is 1. The Labute approximate surface area is 113 Å². The lowest BCUT2D eigenvalue weighted by Crippen LogP contribution is -2.48. The second kappa shape index (κ2) is 5.33. The molecule has 5 nitrogen and oxygen atoms in total. The Balaban J connectivity index is 1.66. The van der Waals surface area contributed by atoms with E-state index >= 15 is 0 Å². The zero-order chi connectivity index (χ0) is 13.2. The number of hydrogen-bond acceptors (Lipinski definition) is 4. The molecule has 2 heterocycles. The third-order valence-electron chi connectivity index (χ3n) is 4.08. The molecule has 104 valence electrons. The van der Waals surface area contributed by atoms with E-state index in [0.29, 0.717) is 12.5 Å². The maximum absolute atomic E-state index is 11.9. The molecule has 0 spiro atoms. The first-order chi connectivity index (χ1) is 9.28. The van der Waals surface area contributed by atoms with Crippen LogP contribution in [0.2, 0.25) is 0 Å². The van der Waals surface area contributed by atoms with Crippen LogP contribution in [-0.4, -0.2) is 35.6 Å². The number of amides is 1. The first kappa shape index (κ1) is 12.7. The zero-order valence-corrected chi connectivity index (χ0v) is 11.4. The van der Waals surface area contributed by atoms with Gasteiger partial charge in [-0.1, -0.05) is 11.6 Å². The standard InChI is InChI=1S/C14H21N3O2/c1-15-14(18)12-4-2-3-7-17(12)9-11-8-13(19-16-11)10-5-6-10/h8,10,12H,2-7,9H2,1H3,(H,15,18)/t12-/m1/s1. The normalized spacial score (nSPS) is 24.4. The highest BCUT2D eigenvalue weighted by Gasteiger charge is 2.30. The molecule has 19 heavy (non-hydrogen) atoms. The van der Waals surface area contributed by atoms with Crippen molar-refractivity contribution in [3.8, 4) is 0 Å². The van der Waals surface area contributed by atoms with Gasteiger partial charge in [0.2, 0.25) is 5.91 Å². The van der Waals surface area contributed by atoms with Gasteiger partial charge in [0.25, 0.3) is 0 Å². The van der Waals surface area contributed by atoms with E-state index in [1.54, 1.807) is 7.05 Å². The quantitative estimate of drug-likeness (QED) is 0.897. The van der Waals surface area contributed by atoms with Crippen molar-refractivity contribution in [1.29, 1.82) is 0 Å². The molecule has 3 rings (SSSR count). The van der Waals surface area contributed by atoms with Crippen LogP contribution in [0.5, 0.6) is 0 Å². The number of hydrogen-bond donors (Lipinski definition) is 1. The largest absolute Gasteiger partial charge is 0.361 e. The van der Waals surface area contributed by atoms with Crippen molar-refractivity contribution in [3.63, 3.8) is 0 Å². The molecule has 1 amide bonds. The average Bonchev–Trinajstić information content (AvgIpc) is 3.19. The van der Waals surface area contributed by atoms with E-state index in [1.165, 1.54) is 12.8 Å².